The van der Waals surface area contributed by atoms with Gasteiger partial charge >= 0.3 is 12.1 Å². The zero-order valence-corrected chi connectivity index (χ0v) is 13.4. The first-order valence-electron chi connectivity index (χ1n) is 7.05. The minimum Gasteiger partial charge on any atom is -0.475 e. The molecule has 1 aliphatic carbocycles. The van der Waals surface area contributed by atoms with Crippen LogP contribution in [0.25, 0.3) is 0 Å². The molecule has 2 aliphatic rings. The van der Waals surface area contributed by atoms with Gasteiger partial charge in [-0.05, 0) is 61.4 Å². The van der Waals surface area contributed by atoms with Gasteiger partial charge in [0.25, 0.3) is 0 Å². The van der Waals surface area contributed by atoms with Crippen molar-refractivity contribution in [3.05, 3.63) is 33.8 Å². The molecule has 0 atom stereocenters. The van der Waals surface area contributed by atoms with Crippen LogP contribution < -0.4 is 5.32 Å². The Morgan fingerprint density at radius 3 is 2.36 bits per heavy atom. The van der Waals surface area contributed by atoms with Crippen LogP contribution in [0.1, 0.15) is 30.4 Å². The standard InChI is InChI=1S/C13H16BrN.C2HF3O2/c14-12-3-1-2-11-10(12)4-5-13(11)6-8-15-9-7-13;3-2(4,5)1(6)7/h1-3,15H,4-9H2;(H,6,7). The van der Waals surface area contributed by atoms with E-state index in [0.717, 1.165) is 0 Å². The van der Waals surface area contributed by atoms with Crippen LogP contribution in [-0.4, -0.2) is 30.3 Å². The number of halogens is 4. The zero-order chi connectivity index (χ0) is 16.4. The van der Waals surface area contributed by atoms with Crippen LogP contribution in [0.3, 0.4) is 0 Å². The Hall–Kier alpha value is -1.08. The van der Waals surface area contributed by atoms with E-state index in [2.05, 4.69) is 39.4 Å². The van der Waals surface area contributed by atoms with Crippen LogP contribution in [-0.2, 0) is 16.6 Å². The van der Waals surface area contributed by atoms with E-state index in [1.807, 2.05) is 0 Å². The fourth-order valence-electron chi connectivity index (χ4n) is 3.23. The van der Waals surface area contributed by atoms with Crippen LogP contribution in [0.4, 0.5) is 13.2 Å². The second kappa shape index (κ2) is 6.58. The lowest BCUT2D eigenvalue weighted by molar-refractivity contribution is -0.192. The summed E-state index contributed by atoms with van der Waals surface area (Å²) in [5.74, 6) is -2.76. The van der Waals surface area contributed by atoms with Gasteiger partial charge in [-0.15, -0.1) is 0 Å². The molecule has 2 N–H and O–H groups in total. The molecule has 1 spiro atoms. The summed E-state index contributed by atoms with van der Waals surface area (Å²) in [5, 5.41) is 10.6. The Morgan fingerprint density at radius 1 is 1.23 bits per heavy atom. The van der Waals surface area contributed by atoms with E-state index in [0.29, 0.717) is 5.41 Å². The predicted octanol–water partition coefficient (Wildman–Crippen LogP) is 3.65. The number of benzene rings is 1. The first-order valence-corrected chi connectivity index (χ1v) is 7.84. The number of rotatable bonds is 0. The second-order valence-electron chi connectivity index (χ2n) is 5.60. The molecule has 7 heteroatoms. The van der Waals surface area contributed by atoms with E-state index in [9.17, 15) is 13.2 Å². The number of carbonyl (C=O) groups is 1. The summed E-state index contributed by atoms with van der Waals surface area (Å²) in [6.07, 6.45) is 0.163. The highest BCUT2D eigenvalue weighted by atomic mass is 79.9. The average molecular weight is 380 g/mol. The maximum absolute atomic E-state index is 10.6. The molecule has 0 saturated carbocycles. The van der Waals surface area contributed by atoms with Crippen molar-refractivity contribution < 1.29 is 23.1 Å². The van der Waals surface area contributed by atoms with Gasteiger partial charge in [0.2, 0.25) is 0 Å². The third kappa shape index (κ3) is 3.63. The van der Waals surface area contributed by atoms with Gasteiger partial charge in [0, 0.05) is 4.47 Å². The predicted molar refractivity (Wildman–Crippen MR) is 79.9 cm³/mol. The van der Waals surface area contributed by atoms with E-state index in [1.165, 1.54) is 43.2 Å². The summed E-state index contributed by atoms with van der Waals surface area (Å²) < 4.78 is 33.1. The number of fused-ring (bicyclic) bond motifs is 2. The van der Waals surface area contributed by atoms with Gasteiger partial charge in [-0.3, -0.25) is 0 Å². The van der Waals surface area contributed by atoms with Gasteiger partial charge in [0.1, 0.15) is 0 Å². The first kappa shape index (κ1) is 17.3. The van der Waals surface area contributed by atoms with Crippen LogP contribution in [0, 0.1) is 0 Å². The molecule has 0 radical (unpaired) electrons. The molecule has 1 aromatic rings. The van der Waals surface area contributed by atoms with Gasteiger partial charge in [-0.2, -0.15) is 13.2 Å². The van der Waals surface area contributed by atoms with Crippen molar-refractivity contribution in [3.63, 3.8) is 0 Å². The van der Waals surface area contributed by atoms with E-state index in [-0.39, 0.29) is 0 Å². The molecule has 3 nitrogen and oxygen atoms in total. The number of nitrogens with one attached hydrogen (secondary N) is 1. The number of hydrogen-bond acceptors (Lipinski definition) is 2. The third-order valence-corrected chi connectivity index (χ3v) is 5.09. The normalized spacial score (nSPS) is 19.3. The van der Waals surface area contributed by atoms with Crippen molar-refractivity contribution >= 4 is 21.9 Å². The Bertz CT molecular complexity index is 554. The van der Waals surface area contributed by atoms with Crippen molar-refractivity contribution in [2.24, 2.45) is 0 Å². The summed E-state index contributed by atoms with van der Waals surface area (Å²) in [5.41, 5.74) is 3.70. The Labute approximate surface area is 135 Å². The lowest BCUT2D eigenvalue weighted by Crippen LogP contribution is -2.38. The monoisotopic (exact) mass is 379 g/mol. The fourth-order valence-corrected chi connectivity index (χ4v) is 3.80. The highest BCUT2D eigenvalue weighted by molar-refractivity contribution is 9.10. The van der Waals surface area contributed by atoms with Gasteiger partial charge in [-0.1, -0.05) is 28.1 Å². The number of aliphatic carboxylic acids is 1. The molecule has 1 fully saturated rings. The second-order valence-corrected chi connectivity index (χ2v) is 6.45. The van der Waals surface area contributed by atoms with E-state index in [1.54, 1.807) is 11.1 Å². The minimum absolute atomic E-state index is 0.504. The molecule has 1 aromatic carbocycles. The van der Waals surface area contributed by atoms with Crippen LogP contribution in [0.5, 0.6) is 0 Å². The van der Waals surface area contributed by atoms with Crippen molar-refractivity contribution in [1.29, 1.82) is 0 Å². The van der Waals surface area contributed by atoms with Gasteiger partial charge < -0.3 is 10.4 Å². The smallest absolute Gasteiger partial charge is 0.475 e. The molecular formula is C15H17BrF3NO2. The van der Waals surface area contributed by atoms with Crippen molar-refractivity contribution in [3.8, 4) is 0 Å². The summed E-state index contributed by atoms with van der Waals surface area (Å²) in [6, 6.07) is 6.72. The molecule has 1 aliphatic heterocycles. The topological polar surface area (TPSA) is 49.3 Å². The van der Waals surface area contributed by atoms with Crippen molar-refractivity contribution in [2.75, 3.05) is 13.1 Å². The number of alkyl halides is 3. The van der Waals surface area contributed by atoms with E-state index < -0.39 is 12.1 Å². The molecule has 0 aromatic heterocycles. The lowest BCUT2D eigenvalue weighted by atomic mass is 9.74. The summed E-state index contributed by atoms with van der Waals surface area (Å²) in [7, 11) is 0. The van der Waals surface area contributed by atoms with Crippen molar-refractivity contribution in [1.82, 2.24) is 5.32 Å². The SMILES string of the molecule is Brc1cccc2c1CCC21CCNCC1.O=C(O)C(F)(F)F. The van der Waals surface area contributed by atoms with Crippen LogP contribution in [0.15, 0.2) is 22.7 Å². The Balaban J connectivity index is 0.000000217. The molecule has 0 bridgehead atoms. The maximum atomic E-state index is 10.6. The molecule has 1 heterocycles. The lowest BCUT2D eigenvalue weighted by Gasteiger charge is -2.35. The number of carboxylic acids is 1. The Morgan fingerprint density at radius 2 is 1.82 bits per heavy atom. The minimum atomic E-state index is -5.08. The van der Waals surface area contributed by atoms with Gasteiger partial charge in [0.15, 0.2) is 0 Å². The summed E-state index contributed by atoms with van der Waals surface area (Å²) in [4.78, 5) is 8.90. The van der Waals surface area contributed by atoms with Gasteiger partial charge in [0.05, 0.1) is 0 Å². The molecule has 1 saturated heterocycles. The van der Waals surface area contributed by atoms with Crippen LogP contribution in [0.2, 0.25) is 0 Å². The zero-order valence-electron chi connectivity index (χ0n) is 11.8. The Kier molecular flexibility index (Phi) is 5.17. The largest absolute Gasteiger partial charge is 0.490 e. The number of hydrogen-bond donors (Lipinski definition) is 2. The summed E-state index contributed by atoms with van der Waals surface area (Å²) >= 11 is 3.68. The van der Waals surface area contributed by atoms with Crippen LogP contribution >= 0.6 is 15.9 Å². The average Bonchev–Trinajstić information content (AvgIpc) is 2.80. The van der Waals surface area contributed by atoms with Gasteiger partial charge in [-0.25, -0.2) is 4.79 Å². The maximum Gasteiger partial charge on any atom is 0.490 e. The van der Waals surface area contributed by atoms with E-state index in [4.69, 9.17) is 9.90 Å². The molecule has 0 unspecified atom stereocenters. The molecule has 0 amide bonds. The highest BCUT2D eigenvalue weighted by Gasteiger charge is 2.40. The third-order valence-electron chi connectivity index (χ3n) is 4.35. The van der Waals surface area contributed by atoms with E-state index >= 15 is 0 Å². The number of carboxylic acid groups (broad SMARTS) is 1. The first-order chi connectivity index (χ1) is 10.3. The molecule has 3 rings (SSSR count). The molecule has 122 valence electrons. The summed E-state index contributed by atoms with van der Waals surface area (Å²) in [6.45, 7) is 2.37. The quantitative estimate of drug-likeness (QED) is 0.723. The molecule has 22 heavy (non-hydrogen) atoms. The fraction of sp³-hybridized carbons (Fsp3) is 0.533. The number of piperidine rings is 1. The highest BCUT2D eigenvalue weighted by Crippen LogP contribution is 2.46. The molecular weight excluding hydrogens is 363 g/mol. The van der Waals surface area contributed by atoms with Crippen molar-refractivity contribution in [2.45, 2.75) is 37.3 Å².